The van der Waals surface area contributed by atoms with Crippen LogP contribution >= 0.6 is 11.6 Å². The molecule has 0 saturated carbocycles. The van der Waals surface area contributed by atoms with Crippen molar-refractivity contribution in [1.29, 1.82) is 0 Å². The van der Waals surface area contributed by atoms with E-state index < -0.39 is 24.6 Å². The van der Waals surface area contributed by atoms with Crippen molar-refractivity contribution >= 4 is 11.6 Å². The molecule has 0 aromatic rings. The molecule has 1 atom stereocenters. The van der Waals surface area contributed by atoms with E-state index in [1.165, 1.54) is 0 Å². The van der Waals surface area contributed by atoms with Crippen molar-refractivity contribution in [3.05, 3.63) is 0 Å². The molecule has 0 aliphatic rings. The maximum Gasteiger partial charge on any atom is 0.405 e. The summed E-state index contributed by atoms with van der Waals surface area (Å²) in [6.07, 6.45) is -4.82. The van der Waals surface area contributed by atoms with E-state index >= 15 is 0 Å². The molecule has 0 spiro atoms. The number of hydrogen-bond donors (Lipinski definition) is 1. The predicted octanol–water partition coefficient (Wildman–Crippen LogP) is 1.54. The predicted molar refractivity (Wildman–Crippen MR) is 27.4 cm³/mol. The van der Waals surface area contributed by atoms with Crippen LogP contribution in [0.5, 0.6) is 0 Å². The lowest BCUT2D eigenvalue weighted by atomic mass is 10.3. The van der Waals surface area contributed by atoms with Gasteiger partial charge in [0.25, 0.3) is 0 Å². The molecule has 0 bridgehead atoms. The summed E-state index contributed by atoms with van der Waals surface area (Å²) in [6.45, 7) is -0.534. The zero-order valence-corrected chi connectivity index (χ0v) is 5.21. The SMILES string of the molecule is OCCC(Cl)C(F)(F)F. The maximum atomic E-state index is 11.4. The van der Waals surface area contributed by atoms with Gasteiger partial charge in [-0.1, -0.05) is 0 Å². The van der Waals surface area contributed by atoms with Crippen molar-refractivity contribution in [3.63, 3.8) is 0 Å². The molecule has 1 N–H and O–H groups in total. The Morgan fingerprint density at radius 1 is 1.44 bits per heavy atom. The lowest BCUT2D eigenvalue weighted by Gasteiger charge is -2.10. The van der Waals surface area contributed by atoms with Crippen LogP contribution in [0.15, 0.2) is 0 Å². The van der Waals surface area contributed by atoms with Crippen LogP contribution < -0.4 is 0 Å². The van der Waals surface area contributed by atoms with E-state index in [-0.39, 0.29) is 0 Å². The van der Waals surface area contributed by atoms with Gasteiger partial charge in [0, 0.05) is 6.61 Å². The van der Waals surface area contributed by atoms with Crippen LogP contribution in [0.1, 0.15) is 6.42 Å². The molecule has 0 heterocycles. The summed E-state index contributed by atoms with van der Waals surface area (Å²) < 4.78 is 34.2. The second-order valence-corrected chi connectivity index (χ2v) is 2.05. The molecule has 0 aliphatic carbocycles. The highest BCUT2D eigenvalue weighted by atomic mass is 35.5. The van der Waals surface area contributed by atoms with Gasteiger partial charge in [0.1, 0.15) is 5.38 Å². The summed E-state index contributed by atoms with van der Waals surface area (Å²) in [5.41, 5.74) is 0. The first-order chi connectivity index (χ1) is 3.98. The van der Waals surface area contributed by atoms with Gasteiger partial charge in [-0.3, -0.25) is 0 Å². The topological polar surface area (TPSA) is 20.2 Å². The molecule has 1 nitrogen and oxygen atoms in total. The van der Waals surface area contributed by atoms with Crippen molar-refractivity contribution in [3.8, 4) is 0 Å². The van der Waals surface area contributed by atoms with Crippen molar-refractivity contribution in [1.82, 2.24) is 0 Å². The molecular formula is C4H6ClF3O. The molecular weight excluding hydrogens is 156 g/mol. The molecule has 0 fully saturated rings. The Kier molecular flexibility index (Phi) is 3.28. The number of halogens is 4. The third kappa shape index (κ3) is 3.59. The maximum absolute atomic E-state index is 11.4. The van der Waals surface area contributed by atoms with Crippen molar-refractivity contribution in [2.45, 2.75) is 18.0 Å². The molecule has 0 aliphatic heterocycles. The Bertz CT molecular complexity index is 82.4. The second kappa shape index (κ2) is 3.27. The van der Waals surface area contributed by atoms with E-state index in [0.717, 1.165) is 0 Å². The first kappa shape index (κ1) is 9.04. The minimum absolute atomic E-state index is 0.439. The second-order valence-electron chi connectivity index (χ2n) is 1.52. The Labute approximate surface area is 55.4 Å². The molecule has 9 heavy (non-hydrogen) atoms. The summed E-state index contributed by atoms with van der Waals surface area (Å²) in [4.78, 5) is 0. The first-order valence-electron chi connectivity index (χ1n) is 2.30. The van der Waals surface area contributed by atoms with Gasteiger partial charge in [0.15, 0.2) is 0 Å². The molecule has 0 rings (SSSR count). The molecule has 0 aromatic heterocycles. The number of alkyl halides is 4. The molecule has 1 unspecified atom stereocenters. The monoisotopic (exact) mass is 162 g/mol. The normalized spacial score (nSPS) is 15.7. The van der Waals surface area contributed by atoms with E-state index in [2.05, 4.69) is 0 Å². The molecule has 0 aromatic carbocycles. The molecule has 5 heteroatoms. The highest BCUT2D eigenvalue weighted by Gasteiger charge is 2.37. The fourth-order valence-electron chi connectivity index (χ4n) is 0.277. The molecule has 0 radical (unpaired) electrons. The summed E-state index contributed by atoms with van der Waals surface area (Å²) >= 11 is 4.77. The Balaban J connectivity index is 3.59. The van der Waals surface area contributed by atoms with Crippen LogP contribution in [0.3, 0.4) is 0 Å². The van der Waals surface area contributed by atoms with Crippen LogP contribution in [0.2, 0.25) is 0 Å². The van der Waals surface area contributed by atoms with Crippen molar-refractivity contribution in [2.24, 2.45) is 0 Å². The molecule has 0 amide bonds. The summed E-state index contributed by atoms with van der Waals surface area (Å²) in [5.74, 6) is 0. The van der Waals surface area contributed by atoms with Crippen molar-refractivity contribution < 1.29 is 18.3 Å². The Morgan fingerprint density at radius 3 is 2.00 bits per heavy atom. The first-order valence-corrected chi connectivity index (χ1v) is 2.73. The zero-order valence-electron chi connectivity index (χ0n) is 4.45. The van der Waals surface area contributed by atoms with Gasteiger partial charge in [0.2, 0.25) is 0 Å². The zero-order chi connectivity index (χ0) is 7.49. The summed E-state index contributed by atoms with van der Waals surface area (Å²) in [6, 6.07) is 0. The van der Waals surface area contributed by atoms with Gasteiger partial charge in [-0.2, -0.15) is 13.2 Å². The largest absolute Gasteiger partial charge is 0.405 e. The number of rotatable bonds is 2. The number of aliphatic hydroxyl groups is 1. The highest BCUT2D eigenvalue weighted by molar-refractivity contribution is 6.21. The van der Waals surface area contributed by atoms with E-state index in [4.69, 9.17) is 16.7 Å². The van der Waals surface area contributed by atoms with Gasteiger partial charge in [-0.25, -0.2) is 0 Å². The van der Waals surface area contributed by atoms with Gasteiger partial charge in [0.05, 0.1) is 0 Å². The van der Waals surface area contributed by atoms with E-state index in [0.29, 0.717) is 0 Å². The smallest absolute Gasteiger partial charge is 0.396 e. The Morgan fingerprint density at radius 2 is 1.89 bits per heavy atom. The van der Waals surface area contributed by atoms with Crippen LogP contribution in [0.4, 0.5) is 13.2 Å². The fraction of sp³-hybridized carbons (Fsp3) is 1.00. The van der Waals surface area contributed by atoms with E-state index in [1.807, 2.05) is 0 Å². The van der Waals surface area contributed by atoms with Gasteiger partial charge >= 0.3 is 6.18 Å². The lowest BCUT2D eigenvalue weighted by molar-refractivity contribution is -0.133. The third-order valence-electron chi connectivity index (χ3n) is 0.738. The lowest BCUT2D eigenvalue weighted by Crippen LogP contribution is -2.24. The van der Waals surface area contributed by atoms with E-state index in [1.54, 1.807) is 0 Å². The Hall–Kier alpha value is 0.0400. The summed E-state index contributed by atoms with van der Waals surface area (Å²) in [7, 11) is 0. The van der Waals surface area contributed by atoms with Crippen LogP contribution in [-0.2, 0) is 0 Å². The van der Waals surface area contributed by atoms with Crippen molar-refractivity contribution in [2.75, 3.05) is 6.61 Å². The summed E-state index contributed by atoms with van der Waals surface area (Å²) in [5, 5.41) is 6.10. The third-order valence-corrected chi connectivity index (χ3v) is 1.20. The van der Waals surface area contributed by atoms with Gasteiger partial charge in [-0.05, 0) is 6.42 Å². The van der Waals surface area contributed by atoms with E-state index in [9.17, 15) is 13.2 Å². The molecule has 56 valence electrons. The fourth-order valence-corrected chi connectivity index (χ4v) is 0.375. The minimum atomic E-state index is -4.38. The van der Waals surface area contributed by atoms with Crippen LogP contribution in [0, 0.1) is 0 Å². The van der Waals surface area contributed by atoms with Gasteiger partial charge in [-0.15, -0.1) is 11.6 Å². The average Bonchev–Trinajstić information content (AvgIpc) is 1.64. The average molecular weight is 163 g/mol. The van der Waals surface area contributed by atoms with Crippen LogP contribution in [0.25, 0.3) is 0 Å². The highest BCUT2D eigenvalue weighted by Crippen LogP contribution is 2.26. The molecule has 0 saturated heterocycles. The van der Waals surface area contributed by atoms with Crippen LogP contribution in [-0.4, -0.2) is 23.3 Å². The number of aliphatic hydroxyl groups excluding tert-OH is 1. The number of hydrogen-bond acceptors (Lipinski definition) is 1. The minimum Gasteiger partial charge on any atom is -0.396 e. The van der Waals surface area contributed by atoms with Gasteiger partial charge < -0.3 is 5.11 Å². The quantitative estimate of drug-likeness (QED) is 0.611. The standard InChI is InChI=1S/C4H6ClF3O/c5-3(1-2-9)4(6,7)8/h3,9H,1-2H2.